The van der Waals surface area contributed by atoms with Gasteiger partial charge in [-0.25, -0.2) is 0 Å². The van der Waals surface area contributed by atoms with Gasteiger partial charge >= 0.3 is 0 Å². The molecule has 0 saturated carbocycles. The first kappa shape index (κ1) is 29.7. The Labute approximate surface area is 113 Å². The third-order valence-electron chi connectivity index (χ3n) is 0.824. The van der Waals surface area contributed by atoms with Gasteiger partial charge in [0, 0.05) is 31.6 Å². The summed E-state index contributed by atoms with van der Waals surface area (Å²) in [6, 6.07) is 0. The molecule has 17 heavy (non-hydrogen) atoms. The van der Waals surface area contributed by atoms with Gasteiger partial charge in [-0.05, 0) is 27.7 Å². The van der Waals surface area contributed by atoms with Gasteiger partial charge in [0.05, 0.1) is 11.5 Å². The molecule has 0 aliphatic carbocycles. The normalized spacial score (nSPS) is 9.41. The molecule has 0 bridgehead atoms. The van der Waals surface area contributed by atoms with E-state index < -0.39 is 0 Å². The summed E-state index contributed by atoms with van der Waals surface area (Å²) in [6.07, 6.45) is 2.33. The van der Waals surface area contributed by atoms with Crippen molar-refractivity contribution in [3.8, 4) is 0 Å². The number of carbonyl (C=O) groups excluding carboxylic acids is 2. The molecule has 7 heteroatoms. The number of rotatable bonds is 2. The minimum Gasteiger partial charge on any atom is -0.512 e. The fourth-order valence-corrected chi connectivity index (χ4v) is 0.588. The Morgan fingerprint density at radius 1 is 0.765 bits per heavy atom. The molecule has 98 valence electrons. The first-order valence-corrected chi connectivity index (χ1v) is 4.01. The molecule has 0 fully saturated rings. The molecule has 0 spiro atoms. The van der Waals surface area contributed by atoms with Crippen LogP contribution in [0.15, 0.2) is 23.7 Å². The van der Waals surface area contributed by atoms with Gasteiger partial charge in [-0.15, -0.1) is 0 Å². The van der Waals surface area contributed by atoms with Crippen molar-refractivity contribution in [2.24, 2.45) is 0 Å². The van der Waals surface area contributed by atoms with Gasteiger partial charge in [0.15, 0.2) is 11.6 Å². The van der Waals surface area contributed by atoms with Crippen LogP contribution >= 0.6 is 0 Å². The van der Waals surface area contributed by atoms with Crippen LogP contribution in [0.25, 0.3) is 0 Å². The van der Waals surface area contributed by atoms with Crippen molar-refractivity contribution in [1.82, 2.24) is 0 Å². The maximum Gasteiger partial charge on any atom is 0.155 e. The third-order valence-corrected chi connectivity index (χ3v) is 0.824. The largest absolute Gasteiger partial charge is 0.512 e. The van der Waals surface area contributed by atoms with Gasteiger partial charge in [-0.2, -0.15) is 0 Å². The Balaban J connectivity index is -0.0000000480. The molecule has 0 aromatic heterocycles. The molecular weight excluding hydrogens is 281 g/mol. The van der Waals surface area contributed by atoms with Crippen LogP contribution in [0, 0.1) is 0 Å². The smallest absolute Gasteiger partial charge is 0.155 e. The zero-order chi connectivity index (χ0) is 11.7. The van der Waals surface area contributed by atoms with E-state index in [1.165, 1.54) is 39.8 Å². The summed E-state index contributed by atoms with van der Waals surface area (Å²) < 4.78 is 0. The molecule has 0 amide bonds. The molecule has 0 aromatic carbocycles. The average molecular weight is 302 g/mol. The molecule has 0 unspecified atom stereocenters. The fourth-order valence-electron chi connectivity index (χ4n) is 0.588. The zero-order valence-corrected chi connectivity index (χ0v) is 13.5. The predicted octanol–water partition coefficient (Wildman–Crippen LogP) is 0.422. The molecule has 0 rings (SSSR count). The summed E-state index contributed by atoms with van der Waals surface area (Å²) in [5.41, 5.74) is 0. The van der Waals surface area contributed by atoms with Crippen LogP contribution in [0.5, 0.6) is 0 Å². The van der Waals surface area contributed by atoms with Gasteiger partial charge < -0.3 is 21.2 Å². The Kier molecular flexibility index (Phi) is 30.4. The van der Waals surface area contributed by atoms with Crippen molar-refractivity contribution in [2.75, 3.05) is 0 Å². The van der Waals surface area contributed by atoms with E-state index in [9.17, 15) is 9.59 Å². The molecule has 0 heterocycles. The number of carbonyl (C=O) groups is 2. The summed E-state index contributed by atoms with van der Waals surface area (Å²) in [5.74, 6) is -0.125. The van der Waals surface area contributed by atoms with Crippen LogP contribution in [-0.2, 0) is 29.1 Å². The van der Waals surface area contributed by atoms with Crippen LogP contribution in [-0.4, -0.2) is 32.7 Å². The van der Waals surface area contributed by atoms with E-state index in [1.54, 1.807) is 0 Å². The number of aliphatic hydroxyl groups is 2. The van der Waals surface area contributed by atoms with E-state index in [2.05, 4.69) is 0 Å². The van der Waals surface area contributed by atoms with Crippen molar-refractivity contribution in [2.45, 2.75) is 27.7 Å². The van der Waals surface area contributed by atoms with E-state index in [1.807, 2.05) is 0 Å². The molecule has 0 aromatic rings. The van der Waals surface area contributed by atoms with E-state index >= 15 is 0 Å². The maximum atomic E-state index is 10.0. The van der Waals surface area contributed by atoms with Gasteiger partial charge in [0.2, 0.25) is 0 Å². The van der Waals surface area contributed by atoms with Crippen molar-refractivity contribution in [1.29, 1.82) is 0 Å². The standard InChI is InChI=1S/2C5H8O2.2H2O.Zn/c2*1-4(6)3-5(2)7;;;/h2*3,6H,1-2H3;2*1H2;/b4-3+;4-3-;;;. The number of hydrogen-bond donors (Lipinski definition) is 2. The molecule has 0 aliphatic rings. The number of aliphatic hydroxyl groups excluding tert-OH is 2. The van der Waals surface area contributed by atoms with Gasteiger partial charge in [0.1, 0.15) is 0 Å². The molecule has 0 atom stereocenters. The summed E-state index contributed by atoms with van der Waals surface area (Å²) in [5, 5.41) is 16.7. The second kappa shape index (κ2) is 17.4. The second-order valence-electron chi connectivity index (χ2n) is 2.79. The monoisotopic (exact) mass is 300 g/mol. The average Bonchev–Trinajstić information content (AvgIpc) is 1.79. The van der Waals surface area contributed by atoms with Crippen LogP contribution in [0.2, 0.25) is 0 Å². The van der Waals surface area contributed by atoms with E-state index in [-0.39, 0.29) is 53.5 Å². The number of ketones is 2. The topological polar surface area (TPSA) is 138 Å². The fraction of sp³-hybridized carbons (Fsp3) is 0.400. The zero-order valence-electron chi connectivity index (χ0n) is 10.6. The number of allylic oxidation sites excluding steroid dienone is 4. The van der Waals surface area contributed by atoms with E-state index in [4.69, 9.17) is 10.2 Å². The van der Waals surface area contributed by atoms with Crippen molar-refractivity contribution < 1.29 is 50.2 Å². The van der Waals surface area contributed by atoms with Gasteiger partial charge in [0.25, 0.3) is 0 Å². The van der Waals surface area contributed by atoms with Gasteiger partial charge in [-0.1, -0.05) is 0 Å². The summed E-state index contributed by atoms with van der Waals surface area (Å²) in [6.45, 7) is 5.70. The van der Waals surface area contributed by atoms with Crippen LogP contribution in [0.4, 0.5) is 0 Å². The molecule has 0 radical (unpaired) electrons. The maximum absolute atomic E-state index is 10.0. The Bertz CT molecular complexity index is 234. The second-order valence-corrected chi connectivity index (χ2v) is 2.79. The molecule has 0 saturated heterocycles. The summed E-state index contributed by atoms with van der Waals surface area (Å²) in [7, 11) is 0. The van der Waals surface area contributed by atoms with Gasteiger partial charge in [-0.3, -0.25) is 9.59 Å². The first-order chi connectivity index (χ1) is 6.25. The van der Waals surface area contributed by atoms with E-state index in [0.717, 1.165) is 0 Å². The molecule has 6 N–H and O–H groups in total. The van der Waals surface area contributed by atoms with Crippen molar-refractivity contribution in [3.05, 3.63) is 23.7 Å². The van der Waals surface area contributed by atoms with Crippen LogP contribution < -0.4 is 0 Å². The van der Waals surface area contributed by atoms with Crippen LogP contribution in [0.1, 0.15) is 27.7 Å². The molecule has 6 nitrogen and oxygen atoms in total. The minimum atomic E-state index is -0.125. The third kappa shape index (κ3) is 51.9. The van der Waals surface area contributed by atoms with E-state index in [0.29, 0.717) is 0 Å². The summed E-state index contributed by atoms with van der Waals surface area (Å²) in [4.78, 5) is 20.0. The molecule has 0 aliphatic heterocycles. The Morgan fingerprint density at radius 2 is 0.941 bits per heavy atom. The molecular formula is C10H20O6Zn. The SMILES string of the molecule is CC(=O)/C=C(/C)O.CC(=O)/C=C(\C)O.O.O.[Zn]. The summed E-state index contributed by atoms with van der Waals surface area (Å²) >= 11 is 0. The quantitative estimate of drug-likeness (QED) is 0.433. The predicted molar refractivity (Wildman–Crippen MR) is 61.4 cm³/mol. The van der Waals surface area contributed by atoms with Crippen molar-refractivity contribution in [3.63, 3.8) is 0 Å². The first-order valence-electron chi connectivity index (χ1n) is 4.01. The minimum absolute atomic E-state index is 0. The number of hydrogen-bond acceptors (Lipinski definition) is 4. The van der Waals surface area contributed by atoms with Crippen molar-refractivity contribution >= 4 is 11.6 Å². The Hall–Kier alpha value is -1.04. The van der Waals surface area contributed by atoms with Crippen LogP contribution in [0.3, 0.4) is 0 Å². The Morgan fingerprint density at radius 3 is 0.941 bits per heavy atom.